The second-order valence-electron chi connectivity index (χ2n) is 6.99. The van der Waals surface area contributed by atoms with E-state index in [0.717, 1.165) is 32.7 Å². The first-order chi connectivity index (χ1) is 13.5. The summed E-state index contributed by atoms with van der Waals surface area (Å²) in [5.74, 6) is -0.918. The fraction of sp³-hybridized carbons (Fsp3) is 0.611. The zero-order valence-electron chi connectivity index (χ0n) is 16.5. The summed E-state index contributed by atoms with van der Waals surface area (Å²) in [5, 5.41) is 1.74. The Hall–Kier alpha value is -1.69. The van der Waals surface area contributed by atoms with Crippen molar-refractivity contribution < 1.29 is 26.4 Å². The number of amides is 1. The van der Waals surface area contributed by atoms with E-state index in [0.29, 0.717) is 0 Å². The van der Waals surface area contributed by atoms with Gasteiger partial charge in [0.1, 0.15) is 6.54 Å². The fourth-order valence-electron chi connectivity index (χ4n) is 3.03. The van der Waals surface area contributed by atoms with Crippen molar-refractivity contribution in [1.29, 1.82) is 0 Å². The fourth-order valence-corrected chi connectivity index (χ4v) is 4.15. The molecule has 1 atom stereocenters. The second-order valence-corrected chi connectivity index (χ2v) is 8.76. The minimum Gasteiger partial charge on any atom is -0.343 e. The van der Waals surface area contributed by atoms with Crippen LogP contribution >= 0.6 is 0 Å². The van der Waals surface area contributed by atoms with Gasteiger partial charge in [0, 0.05) is 44.3 Å². The largest absolute Gasteiger partial charge is 0.405 e. The maximum absolute atomic E-state index is 12.5. The van der Waals surface area contributed by atoms with E-state index in [2.05, 4.69) is 21.4 Å². The van der Waals surface area contributed by atoms with Crippen molar-refractivity contribution in [1.82, 2.24) is 19.8 Å². The molecule has 7 nitrogen and oxygen atoms in total. The molecule has 0 aromatic heterocycles. The lowest BCUT2D eigenvalue weighted by atomic mass is 10.2. The Balaban J connectivity index is 1.89. The molecule has 0 radical (unpaired) electrons. The van der Waals surface area contributed by atoms with Gasteiger partial charge in [-0.25, -0.2) is 13.1 Å². The number of hydrogen-bond acceptors (Lipinski definition) is 5. The van der Waals surface area contributed by atoms with Crippen LogP contribution < -0.4 is 10.0 Å². The Bertz CT molecular complexity index is 777. The van der Waals surface area contributed by atoms with Gasteiger partial charge in [-0.1, -0.05) is 6.92 Å². The van der Waals surface area contributed by atoms with Crippen LogP contribution in [0.4, 0.5) is 13.2 Å². The summed E-state index contributed by atoms with van der Waals surface area (Å²) in [5.41, 5.74) is -0.0460. The number of nitrogens with one attached hydrogen (secondary N) is 2. The first-order valence-electron chi connectivity index (χ1n) is 9.43. The van der Waals surface area contributed by atoms with Gasteiger partial charge in [-0.15, -0.1) is 0 Å². The first kappa shape index (κ1) is 23.6. The molecule has 2 rings (SSSR count). The number of piperazine rings is 1. The summed E-state index contributed by atoms with van der Waals surface area (Å²) in [6, 6.07) is 4.81. The van der Waals surface area contributed by atoms with Gasteiger partial charge in [0.05, 0.1) is 4.90 Å². The van der Waals surface area contributed by atoms with Gasteiger partial charge < -0.3 is 10.2 Å². The molecule has 1 aliphatic heterocycles. The quantitative estimate of drug-likeness (QED) is 0.642. The van der Waals surface area contributed by atoms with Crippen LogP contribution in [0.5, 0.6) is 0 Å². The van der Waals surface area contributed by atoms with E-state index in [9.17, 15) is 26.4 Å². The number of nitrogens with zero attached hydrogens (tertiary/aromatic N) is 2. The minimum atomic E-state index is -4.51. The summed E-state index contributed by atoms with van der Waals surface area (Å²) < 4.78 is 64.0. The molecule has 1 heterocycles. The minimum absolute atomic E-state index is 0.0243. The third kappa shape index (κ3) is 7.25. The Labute approximate surface area is 169 Å². The molecule has 0 spiro atoms. The maximum Gasteiger partial charge on any atom is 0.405 e. The van der Waals surface area contributed by atoms with Crippen molar-refractivity contribution in [2.24, 2.45) is 0 Å². The van der Waals surface area contributed by atoms with Gasteiger partial charge >= 0.3 is 6.18 Å². The van der Waals surface area contributed by atoms with E-state index in [1.54, 1.807) is 5.32 Å². The highest BCUT2D eigenvalue weighted by atomic mass is 32.2. The predicted molar refractivity (Wildman–Crippen MR) is 103 cm³/mol. The Kier molecular flexibility index (Phi) is 8.03. The van der Waals surface area contributed by atoms with Crippen LogP contribution in [0.3, 0.4) is 0 Å². The number of likely N-dealkylation sites (N-methyl/N-ethyl adjacent to an activating group) is 1. The van der Waals surface area contributed by atoms with E-state index in [-0.39, 0.29) is 23.0 Å². The zero-order valence-corrected chi connectivity index (χ0v) is 17.3. The SMILES string of the molecule is CCN1CCN(C(C)CNS(=O)(=O)c2ccc(C(=O)NCC(F)(F)F)cc2)CC1. The molecular formula is C18H27F3N4O3S. The zero-order chi connectivity index (χ0) is 21.7. The molecule has 1 aromatic rings. The van der Waals surface area contributed by atoms with Gasteiger partial charge in [-0.3, -0.25) is 9.69 Å². The van der Waals surface area contributed by atoms with Crippen LogP contribution in [-0.2, 0) is 10.0 Å². The molecule has 1 fully saturated rings. The number of halogens is 3. The highest BCUT2D eigenvalue weighted by Gasteiger charge is 2.28. The smallest absolute Gasteiger partial charge is 0.343 e. The summed E-state index contributed by atoms with van der Waals surface area (Å²) in [6.45, 7) is 7.50. The van der Waals surface area contributed by atoms with Crippen LogP contribution in [0.1, 0.15) is 24.2 Å². The van der Waals surface area contributed by atoms with E-state index in [1.165, 1.54) is 24.3 Å². The number of hydrogen-bond donors (Lipinski definition) is 2. The van der Waals surface area contributed by atoms with E-state index >= 15 is 0 Å². The van der Waals surface area contributed by atoms with Gasteiger partial charge in [0.15, 0.2) is 0 Å². The number of alkyl halides is 3. The Morgan fingerprint density at radius 3 is 2.24 bits per heavy atom. The lowest BCUT2D eigenvalue weighted by Crippen LogP contribution is -2.52. The molecule has 29 heavy (non-hydrogen) atoms. The monoisotopic (exact) mass is 436 g/mol. The average molecular weight is 437 g/mol. The molecule has 0 aliphatic carbocycles. The van der Waals surface area contributed by atoms with Crippen LogP contribution in [0.25, 0.3) is 0 Å². The van der Waals surface area contributed by atoms with Gasteiger partial charge in [-0.05, 0) is 37.7 Å². The van der Waals surface area contributed by atoms with Crippen molar-refractivity contribution in [3.05, 3.63) is 29.8 Å². The van der Waals surface area contributed by atoms with Crippen molar-refractivity contribution in [2.45, 2.75) is 31.0 Å². The summed E-state index contributed by atoms with van der Waals surface area (Å²) >= 11 is 0. The Morgan fingerprint density at radius 2 is 1.72 bits per heavy atom. The molecule has 2 N–H and O–H groups in total. The summed E-state index contributed by atoms with van der Waals surface area (Å²) in [6.07, 6.45) is -4.51. The maximum atomic E-state index is 12.5. The Morgan fingerprint density at radius 1 is 1.14 bits per heavy atom. The molecule has 0 saturated carbocycles. The summed E-state index contributed by atoms with van der Waals surface area (Å²) in [7, 11) is -3.79. The van der Waals surface area contributed by atoms with E-state index in [4.69, 9.17) is 0 Å². The van der Waals surface area contributed by atoms with Crippen LogP contribution in [0, 0.1) is 0 Å². The lowest BCUT2D eigenvalue weighted by Gasteiger charge is -2.37. The lowest BCUT2D eigenvalue weighted by molar-refractivity contribution is -0.123. The number of benzene rings is 1. The first-order valence-corrected chi connectivity index (χ1v) is 10.9. The van der Waals surface area contributed by atoms with Gasteiger partial charge in [0.2, 0.25) is 10.0 Å². The van der Waals surface area contributed by atoms with Crippen molar-refractivity contribution in [2.75, 3.05) is 45.8 Å². The van der Waals surface area contributed by atoms with Gasteiger partial charge in [-0.2, -0.15) is 13.2 Å². The molecule has 1 amide bonds. The molecule has 0 bridgehead atoms. The number of carbonyl (C=O) groups is 1. The van der Waals surface area contributed by atoms with Crippen molar-refractivity contribution in [3.8, 4) is 0 Å². The predicted octanol–water partition coefficient (Wildman–Crippen LogP) is 1.28. The van der Waals surface area contributed by atoms with Crippen LogP contribution in [-0.4, -0.2) is 82.2 Å². The molecule has 164 valence electrons. The highest BCUT2D eigenvalue weighted by molar-refractivity contribution is 7.89. The van der Waals surface area contributed by atoms with Crippen LogP contribution in [0.2, 0.25) is 0 Å². The van der Waals surface area contributed by atoms with E-state index in [1.807, 2.05) is 6.92 Å². The normalized spacial score (nSPS) is 17.8. The van der Waals surface area contributed by atoms with Crippen molar-refractivity contribution in [3.63, 3.8) is 0 Å². The third-order valence-electron chi connectivity index (χ3n) is 4.92. The average Bonchev–Trinajstić information content (AvgIpc) is 2.70. The molecule has 1 aromatic carbocycles. The van der Waals surface area contributed by atoms with Crippen molar-refractivity contribution >= 4 is 15.9 Å². The number of carbonyl (C=O) groups excluding carboxylic acids is 1. The molecular weight excluding hydrogens is 409 g/mol. The van der Waals surface area contributed by atoms with Gasteiger partial charge in [0.25, 0.3) is 5.91 Å². The molecule has 1 saturated heterocycles. The highest BCUT2D eigenvalue weighted by Crippen LogP contribution is 2.14. The summed E-state index contributed by atoms with van der Waals surface area (Å²) in [4.78, 5) is 16.2. The molecule has 11 heteroatoms. The van der Waals surface area contributed by atoms with Crippen LogP contribution in [0.15, 0.2) is 29.2 Å². The second kappa shape index (κ2) is 9.88. The topological polar surface area (TPSA) is 81.8 Å². The number of rotatable bonds is 8. The third-order valence-corrected chi connectivity index (χ3v) is 6.36. The van der Waals surface area contributed by atoms with E-state index < -0.39 is 28.7 Å². The standard InChI is InChI=1S/C18H27F3N4O3S/c1-3-24-8-10-25(11-9-24)14(2)12-23-29(27,28)16-6-4-15(5-7-16)17(26)22-13-18(19,20)21/h4-7,14,23H,3,8-13H2,1-2H3,(H,22,26). The molecule has 1 aliphatic rings. The molecule has 1 unspecified atom stereocenters. The number of sulfonamides is 1.